The Kier molecular flexibility index (Phi) is 4.17. The number of nitrogens with two attached hydrogens (primary N) is 1. The molecule has 0 bridgehead atoms. The molecule has 0 radical (unpaired) electrons. The molecule has 1 aromatic rings. The predicted molar refractivity (Wildman–Crippen MR) is 77.4 cm³/mol. The Labute approximate surface area is 114 Å². The van der Waals surface area contributed by atoms with Crippen molar-refractivity contribution in [3.05, 3.63) is 18.2 Å². The average Bonchev–Trinajstić information content (AvgIpc) is 2.40. The first-order valence-electron chi connectivity index (χ1n) is 6.71. The highest BCUT2D eigenvalue weighted by atomic mass is 16.5. The molecule has 5 nitrogen and oxygen atoms in total. The topological polar surface area (TPSA) is 58.7 Å². The summed E-state index contributed by atoms with van der Waals surface area (Å²) in [6.07, 6.45) is 0. The molecule has 1 aromatic carbocycles. The second-order valence-electron chi connectivity index (χ2n) is 5.57. The highest BCUT2D eigenvalue weighted by Crippen LogP contribution is 2.26. The Morgan fingerprint density at radius 1 is 1.37 bits per heavy atom. The Bertz CT molecular complexity index is 431. The Morgan fingerprint density at radius 3 is 2.74 bits per heavy atom. The van der Waals surface area contributed by atoms with Crippen LogP contribution in [0.15, 0.2) is 18.2 Å². The third-order valence-electron chi connectivity index (χ3n) is 3.95. The molecular weight excluding hydrogens is 242 g/mol. The maximum Gasteiger partial charge on any atom is 0.117 e. The molecule has 1 heterocycles. The number of morpholine rings is 1. The quantitative estimate of drug-likeness (QED) is 0.483. The molecule has 1 fully saturated rings. The number of hydrogen-bond acceptors (Lipinski definition) is 4. The number of hydrogen-bond donors (Lipinski definition) is 2. The van der Waals surface area contributed by atoms with Crippen LogP contribution in [0.5, 0.6) is 5.75 Å². The van der Waals surface area contributed by atoms with Gasteiger partial charge in [0.05, 0.1) is 44.7 Å². The summed E-state index contributed by atoms with van der Waals surface area (Å²) < 4.78 is 6.44. The van der Waals surface area contributed by atoms with Crippen molar-refractivity contribution in [1.82, 2.24) is 0 Å². The van der Waals surface area contributed by atoms with Gasteiger partial charge in [0.25, 0.3) is 0 Å². The van der Waals surface area contributed by atoms with Crippen molar-refractivity contribution in [2.24, 2.45) is 0 Å². The number of rotatable bonds is 4. The number of ether oxygens (including phenoxy) is 1. The zero-order valence-electron chi connectivity index (χ0n) is 11.8. The Morgan fingerprint density at radius 2 is 2.05 bits per heavy atom. The summed E-state index contributed by atoms with van der Waals surface area (Å²) in [7, 11) is 4.28. The highest BCUT2D eigenvalue weighted by Gasteiger charge is 2.25. The molecule has 0 atom stereocenters. The van der Waals surface area contributed by atoms with Crippen LogP contribution in [0.3, 0.4) is 0 Å². The van der Waals surface area contributed by atoms with E-state index in [0.717, 1.165) is 49.6 Å². The number of nitrogens with zero attached hydrogens (tertiary/aromatic N) is 2. The maximum absolute atomic E-state index is 9.55. The molecule has 3 N–H and O–H groups in total. The summed E-state index contributed by atoms with van der Waals surface area (Å²) in [6, 6.07) is 5.07. The summed E-state index contributed by atoms with van der Waals surface area (Å²) in [6.45, 7) is 5.76. The van der Waals surface area contributed by atoms with Crippen molar-refractivity contribution in [3.63, 3.8) is 0 Å². The third-order valence-corrected chi connectivity index (χ3v) is 3.95. The van der Waals surface area contributed by atoms with Crippen LogP contribution in [-0.4, -0.2) is 63.1 Å². The van der Waals surface area contributed by atoms with Crippen molar-refractivity contribution in [3.8, 4) is 5.75 Å². The van der Waals surface area contributed by atoms with E-state index < -0.39 is 0 Å². The van der Waals surface area contributed by atoms with Gasteiger partial charge in [-0.05, 0) is 12.1 Å². The van der Waals surface area contributed by atoms with Crippen molar-refractivity contribution < 1.29 is 14.3 Å². The maximum atomic E-state index is 9.55. The molecule has 0 aromatic heterocycles. The number of phenols is 1. The monoisotopic (exact) mass is 266 g/mol. The molecule has 0 spiro atoms. The van der Waals surface area contributed by atoms with Crippen LogP contribution >= 0.6 is 0 Å². The summed E-state index contributed by atoms with van der Waals surface area (Å²) in [5, 5.41) is 9.55. The zero-order chi connectivity index (χ0) is 13.9. The van der Waals surface area contributed by atoms with Gasteiger partial charge < -0.3 is 25.0 Å². The van der Waals surface area contributed by atoms with Gasteiger partial charge in [-0.2, -0.15) is 0 Å². The van der Waals surface area contributed by atoms with E-state index in [-0.39, 0.29) is 5.75 Å². The first-order chi connectivity index (χ1) is 9.00. The Balaban J connectivity index is 1.97. The molecule has 106 valence electrons. The van der Waals surface area contributed by atoms with Gasteiger partial charge in [0.15, 0.2) is 0 Å². The number of aromatic hydroxyl groups is 1. The fourth-order valence-electron chi connectivity index (χ4n) is 2.38. The summed E-state index contributed by atoms with van der Waals surface area (Å²) in [5.41, 5.74) is 7.54. The van der Waals surface area contributed by atoms with Gasteiger partial charge in [-0.3, -0.25) is 0 Å². The van der Waals surface area contributed by atoms with Gasteiger partial charge >= 0.3 is 0 Å². The zero-order valence-corrected chi connectivity index (χ0v) is 11.8. The first-order valence-corrected chi connectivity index (χ1v) is 6.71. The first kappa shape index (κ1) is 14.0. The van der Waals surface area contributed by atoms with E-state index in [2.05, 4.69) is 11.9 Å². The average molecular weight is 266 g/mol. The summed E-state index contributed by atoms with van der Waals surface area (Å²) in [5.74, 6) is 0.253. The standard InChI is InChI=1S/C14H23N3O2/c1-16(14-11-12(18)3-4-13(14)15)5-6-17(2)7-9-19-10-8-17/h3-4,11H,5-10,15H2,1-2H3/p+1. The van der Waals surface area contributed by atoms with Gasteiger partial charge in [0.1, 0.15) is 18.8 Å². The second-order valence-corrected chi connectivity index (χ2v) is 5.57. The van der Waals surface area contributed by atoms with E-state index in [1.807, 2.05) is 7.05 Å². The van der Waals surface area contributed by atoms with Crippen molar-refractivity contribution in [2.75, 3.05) is 64.1 Å². The van der Waals surface area contributed by atoms with Crippen LogP contribution in [-0.2, 0) is 4.74 Å². The largest absolute Gasteiger partial charge is 0.508 e. The minimum atomic E-state index is 0.253. The third kappa shape index (κ3) is 3.52. The van der Waals surface area contributed by atoms with Crippen molar-refractivity contribution >= 4 is 11.4 Å². The lowest BCUT2D eigenvalue weighted by molar-refractivity contribution is -0.915. The number of quaternary nitrogens is 1. The number of benzene rings is 1. The van der Waals surface area contributed by atoms with Crippen LogP contribution in [0.25, 0.3) is 0 Å². The number of anilines is 2. The van der Waals surface area contributed by atoms with E-state index in [0.29, 0.717) is 5.69 Å². The van der Waals surface area contributed by atoms with Crippen molar-refractivity contribution in [2.45, 2.75) is 0 Å². The number of likely N-dealkylation sites (N-methyl/N-ethyl adjacent to an activating group) is 2. The minimum absolute atomic E-state index is 0.253. The fraction of sp³-hybridized carbons (Fsp3) is 0.571. The number of nitrogen functional groups attached to an aromatic ring is 1. The van der Waals surface area contributed by atoms with Crippen LogP contribution in [0.4, 0.5) is 11.4 Å². The van der Waals surface area contributed by atoms with Gasteiger partial charge in [-0.25, -0.2) is 0 Å². The van der Waals surface area contributed by atoms with E-state index in [1.165, 1.54) is 0 Å². The summed E-state index contributed by atoms with van der Waals surface area (Å²) >= 11 is 0. The molecule has 0 unspecified atom stereocenters. The molecular formula is C14H24N3O2+. The Hall–Kier alpha value is -1.46. The van der Waals surface area contributed by atoms with Crippen LogP contribution in [0, 0.1) is 0 Å². The van der Waals surface area contributed by atoms with Crippen LogP contribution < -0.4 is 10.6 Å². The molecule has 2 rings (SSSR count). The lowest BCUT2D eigenvalue weighted by atomic mass is 10.2. The van der Waals surface area contributed by atoms with Crippen molar-refractivity contribution in [1.29, 1.82) is 0 Å². The van der Waals surface area contributed by atoms with Gasteiger partial charge in [-0.1, -0.05) is 0 Å². The van der Waals surface area contributed by atoms with Gasteiger partial charge in [0.2, 0.25) is 0 Å². The van der Waals surface area contributed by atoms with E-state index in [1.54, 1.807) is 18.2 Å². The number of phenolic OH excluding ortho intramolecular Hbond substituents is 1. The normalized spacial score (nSPS) is 18.2. The fourth-order valence-corrected chi connectivity index (χ4v) is 2.38. The molecule has 19 heavy (non-hydrogen) atoms. The van der Waals surface area contributed by atoms with Crippen LogP contribution in [0.1, 0.15) is 0 Å². The second kappa shape index (κ2) is 5.67. The lowest BCUT2D eigenvalue weighted by Crippen LogP contribution is -2.54. The SMILES string of the molecule is CN(CC[N+]1(C)CCOCC1)c1cc(O)ccc1N. The van der Waals surface area contributed by atoms with E-state index in [4.69, 9.17) is 10.5 Å². The predicted octanol–water partition coefficient (Wildman–Crippen LogP) is 0.887. The molecule has 1 aliphatic heterocycles. The molecule has 0 amide bonds. The molecule has 0 aliphatic carbocycles. The highest BCUT2D eigenvalue weighted by molar-refractivity contribution is 5.69. The van der Waals surface area contributed by atoms with Crippen LogP contribution in [0.2, 0.25) is 0 Å². The smallest absolute Gasteiger partial charge is 0.117 e. The van der Waals surface area contributed by atoms with Gasteiger partial charge in [0, 0.05) is 13.1 Å². The van der Waals surface area contributed by atoms with Gasteiger partial charge in [-0.15, -0.1) is 0 Å². The molecule has 1 aliphatic rings. The summed E-state index contributed by atoms with van der Waals surface area (Å²) in [4.78, 5) is 2.11. The minimum Gasteiger partial charge on any atom is -0.508 e. The lowest BCUT2D eigenvalue weighted by Gasteiger charge is -2.38. The van der Waals surface area contributed by atoms with E-state index in [9.17, 15) is 5.11 Å². The molecule has 5 heteroatoms. The van der Waals surface area contributed by atoms with E-state index >= 15 is 0 Å². The molecule has 0 saturated carbocycles. The molecule has 1 saturated heterocycles.